The number of carbonyl (C=O) groups excluding carboxylic acids is 1. The first-order valence-electron chi connectivity index (χ1n) is 6.80. The number of fused-ring (bicyclic) bond motifs is 1. The molecule has 102 valence electrons. The minimum absolute atomic E-state index is 0.0530. The minimum Gasteiger partial charge on any atom is -0.480 e. The Bertz CT molecular complexity index is 611. The molecule has 0 bridgehead atoms. The van der Waals surface area contributed by atoms with Gasteiger partial charge in [-0.05, 0) is 24.1 Å². The maximum Gasteiger partial charge on any atom is 0.261 e. The molecule has 0 aliphatic carbocycles. The van der Waals surface area contributed by atoms with Crippen LogP contribution in [0.2, 0.25) is 0 Å². The summed E-state index contributed by atoms with van der Waals surface area (Å²) < 4.78 is 5.67. The second-order valence-electron chi connectivity index (χ2n) is 5.13. The lowest BCUT2D eigenvalue weighted by atomic mass is 10.1. The van der Waals surface area contributed by atoms with E-state index in [1.807, 2.05) is 49.4 Å². The lowest BCUT2D eigenvalue weighted by Gasteiger charge is -2.11. The molecule has 1 atom stereocenters. The van der Waals surface area contributed by atoms with E-state index in [-0.39, 0.29) is 5.91 Å². The number of hydrogen-bond donors (Lipinski definition) is 1. The third-order valence-corrected chi connectivity index (χ3v) is 3.49. The predicted molar refractivity (Wildman–Crippen MR) is 77.6 cm³/mol. The Balaban J connectivity index is 1.59. The summed E-state index contributed by atoms with van der Waals surface area (Å²) in [4.78, 5) is 12.1. The van der Waals surface area contributed by atoms with Crippen LogP contribution in [-0.4, -0.2) is 12.0 Å². The molecule has 3 nitrogen and oxygen atoms in total. The molecule has 0 fully saturated rings. The molecule has 20 heavy (non-hydrogen) atoms. The maximum absolute atomic E-state index is 12.1. The number of carbonyl (C=O) groups is 1. The van der Waals surface area contributed by atoms with Gasteiger partial charge < -0.3 is 10.1 Å². The van der Waals surface area contributed by atoms with Gasteiger partial charge in [-0.2, -0.15) is 0 Å². The van der Waals surface area contributed by atoms with Crippen molar-refractivity contribution in [1.82, 2.24) is 5.32 Å². The zero-order chi connectivity index (χ0) is 13.9. The minimum atomic E-state index is -0.405. The van der Waals surface area contributed by atoms with E-state index in [0.717, 1.165) is 16.9 Å². The van der Waals surface area contributed by atoms with Gasteiger partial charge in [-0.3, -0.25) is 4.79 Å². The van der Waals surface area contributed by atoms with Crippen LogP contribution in [0, 0.1) is 6.92 Å². The third kappa shape index (κ3) is 2.67. The summed E-state index contributed by atoms with van der Waals surface area (Å²) in [7, 11) is 0. The highest BCUT2D eigenvalue weighted by molar-refractivity contribution is 5.82. The number of hydrogen-bond acceptors (Lipinski definition) is 2. The maximum atomic E-state index is 12.1. The number of amides is 1. The van der Waals surface area contributed by atoms with E-state index in [9.17, 15) is 4.79 Å². The molecule has 1 heterocycles. The summed E-state index contributed by atoms with van der Waals surface area (Å²) in [6, 6.07) is 15.9. The van der Waals surface area contributed by atoms with Gasteiger partial charge in [0.2, 0.25) is 0 Å². The van der Waals surface area contributed by atoms with Crippen molar-refractivity contribution in [1.29, 1.82) is 0 Å². The van der Waals surface area contributed by atoms with Gasteiger partial charge in [-0.25, -0.2) is 0 Å². The van der Waals surface area contributed by atoms with Crippen molar-refractivity contribution in [3.05, 3.63) is 65.2 Å². The fraction of sp³-hybridized carbons (Fsp3) is 0.235. The van der Waals surface area contributed by atoms with Crippen LogP contribution in [0.3, 0.4) is 0 Å². The number of ether oxygens (including phenoxy) is 1. The van der Waals surface area contributed by atoms with Crippen LogP contribution in [0.1, 0.15) is 16.7 Å². The smallest absolute Gasteiger partial charge is 0.261 e. The molecule has 3 rings (SSSR count). The van der Waals surface area contributed by atoms with Crippen molar-refractivity contribution in [2.75, 3.05) is 0 Å². The first-order valence-corrected chi connectivity index (χ1v) is 6.80. The number of rotatable bonds is 3. The number of benzene rings is 2. The van der Waals surface area contributed by atoms with E-state index < -0.39 is 6.10 Å². The molecule has 2 aromatic rings. The molecule has 1 N–H and O–H groups in total. The standard InChI is InChI=1S/C17H17NO2/c1-12-5-4-6-13(9-12)11-18-17(19)16-10-14-7-2-3-8-15(14)20-16/h2-9,16H,10-11H2,1H3,(H,18,19). The van der Waals surface area contributed by atoms with Gasteiger partial charge in [-0.1, -0.05) is 48.0 Å². The number of nitrogens with one attached hydrogen (secondary N) is 1. The molecule has 1 unspecified atom stereocenters. The lowest BCUT2D eigenvalue weighted by Crippen LogP contribution is -2.37. The first-order chi connectivity index (χ1) is 9.72. The summed E-state index contributed by atoms with van der Waals surface area (Å²) in [5, 5.41) is 2.94. The summed E-state index contributed by atoms with van der Waals surface area (Å²) >= 11 is 0. The van der Waals surface area contributed by atoms with E-state index in [1.165, 1.54) is 5.56 Å². The van der Waals surface area contributed by atoms with Gasteiger partial charge in [0.15, 0.2) is 6.10 Å². The van der Waals surface area contributed by atoms with Crippen LogP contribution < -0.4 is 10.1 Å². The first kappa shape index (κ1) is 12.7. The number of para-hydroxylation sites is 1. The molecule has 0 radical (unpaired) electrons. The topological polar surface area (TPSA) is 38.3 Å². The zero-order valence-corrected chi connectivity index (χ0v) is 11.4. The highest BCUT2D eigenvalue weighted by Gasteiger charge is 2.28. The second kappa shape index (κ2) is 5.37. The van der Waals surface area contributed by atoms with E-state index in [1.54, 1.807) is 0 Å². The van der Waals surface area contributed by atoms with Crippen LogP contribution in [0.4, 0.5) is 0 Å². The van der Waals surface area contributed by atoms with Gasteiger partial charge in [0.05, 0.1) is 0 Å². The monoisotopic (exact) mass is 267 g/mol. The quantitative estimate of drug-likeness (QED) is 0.928. The molecule has 0 saturated heterocycles. The molecule has 0 spiro atoms. The predicted octanol–water partition coefficient (Wildman–Crippen LogP) is 2.61. The van der Waals surface area contributed by atoms with E-state index in [4.69, 9.17) is 4.74 Å². The van der Waals surface area contributed by atoms with Crippen molar-refractivity contribution in [2.45, 2.75) is 26.0 Å². The third-order valence-electron chi connectivity index (χ3n) is 3.49. The summed E-state index contributed by atoms with van der Waals surface area (Å²) in [6.45, 7) is 2.58. The Morgan fingerprint density at radius 1 is 1.25 bits per heavy atom. The summed E-state index contributed by atoms with van der Waals surface area (Å²) in [5.41, 5.74) is 3.40. The van der Waals surface area contributed by atoms with E-state index in [0.29, 0.717) is 13.0 Å². The van der Waals surface area contributed by atoms with Gasteiger partial charge >= 0.3 is 0 Å². The Kier molecular flexibility index (Phi) is 3.42. The fourth-order valence-electron chi connectivity index (χ4n) is 2.45. The van der Waals surface area contributed by atoms with Crippen molar-refractivity contribution in [2.24, 2.45) is 0 Å². The second-order valence-corrected chi connectivity index (χ2v) is 5.13. The Labute approximate surface area is 118 Å². The fourth-order valence-corrected chi connectivity index (χ4v) is 2.45. The Morgan fingerprint density at radius 2 is 2.10 bits per heavy atom. The van der Waals surface area contributed by atoms with Crippen LogP contribution in [-0.2, 0) is 17.8 Å². The average molecular weight is 267 g/mol. The molecule has 0 aromatic heterocycles. The highest BCUT2D eigenvalue weighted by Crippen LogP contribution is 2.28. The van der Waals surface area contributed by atoms with Crippen molar-refractivity contribution < 1.29 is 9.53 Å². The van der Waals surface area contributed by atoms with Gasteiger partial charge in [0.1, 0.15) is 5.75 Å². The molecular formula is C17H17NO2. The van der Waals surface area contributed by atoms with E-state index >= 15 is 0 Å². The number of aryl methyl sites for hydroxylation is 1. The molecular weight excluding hydrogens is 250 g/mol. The van der Waals surface area contributed by atoms with Crippen molar-refractivity contribution in [3.63, 3.8) is 0 Å². The Morgan fingerprint density at radius 3 is 2.90 bits per heavy atom. The van der Waals surface area contributed by atoms with Crippen LogP contribution >= 0.6 is 0 Å². The molecule has 0 saturated carbocycles. The van der Waals surface area contributed by atoms with Gasteiger partial charge in [0, 0.05) is 13.0 Å². The SMILES string of the molecule is Cc1cccc(CNC(=O)C2Cc3ccccc3O2)c1. The largest absolute Gasteiger partial charge is 0.480 e. The normalized spacial score (nSPS) is 16.4. The van der Waals surface area contributed by atoms with E-state index in [2.05, 4.69) is 11.4 Å². The molecule has 1 aliphatic rings. The summed E-state index contributed by atoms with van der Waals surface area (Å²) in [6.07, 6.45) is 0.243. The van der Waals surface area contributed by atoms with Crippen LogP contribution in [0.25, 0.3) is 0 Å². The van der Waals surface area contributed by atoms with Crippen molar-refractivity contribution in [3.8, 4) is 5.75 Å². The molecule has 2 aromatic carbocycles. The molecule has 3 heteroatoms. The van der Waals surface area contributed by atoms with Crippen molar-refractivity contribution >= 4 is 5.91 Å². The van der Waals surface area contributed by atoms with Crippen LogP contribution in [0.15, 0.2) is 48.5 Å². The lowest BCUT2D eigenvalue weighted by molar-refractivity contribution is -0.127. The highest BCUT2D eigenvalue weighted by atomic mass is 16.5. The summed E-state index contributed by atoms with van der Waals surface area (Å²) in [5.74, 6) is 0.769. The zero-order valence-electron chi connectivity index (χ0n) is 11.4. The average Bonchev–Trinajstić information content (AvgIpc) is 2.89. The van der Waals surface area contributed by atoms with Gasteiger partial charge in [-0.15, -0.1) is 0 Å². The molecule has 1 aliphatic heterocycles. The van der Waals surface area contributed by atoms with Gasteiger partial charge in [0.25, 0.3) is 5.91 Å². The van der Waals surface area contributed by atoms with Crippen LogP contribution in [0.5, 0.6) is 5.75 Å². The molecule has 1 amide bonds. The Hall–Kier alpha value is -2.29.